The first kappa shape index (κ1) is 11.6. The predicted molar refractivity (Wildman–Crippen MR) is 68.1 cm³/mol. The third-order valence-corrected chi connectivity index (χ3v) is 3.02. The van der Waals surface area contributed by atoms with Crippen molar-refractivity contribution in [3.05, 3.63) is 52.9 Å². The number of hydrogen-bond donors (Lipinski definition) is 0. The molecule has 0 spiro atoms. The molecule has 2 aromatic heterocycles. The maximum atomic E-state index is 14.0. The van der Waals surface area contributed by atoms with Crippen molar-refractivity contribution in [3.8, 4) is 17.5 Å². The minimum atomic E-state index is -0.539. The molecule has 4 nitrogen and oxygen atoms in total. The number of halogens is 2. The van der Waals surface area contributed by atoms with Crippen LogP contribution in [0.4, 0.5) is 4.39 Å². The van der Waals surface area contributed by atoms with E-state index in [1.165, 1.54) is 6.07 Å². The first-order valence-electron chi connectivity index (χ1n) is 5.40. The number of aromatic nitrogens is 3. The van der Waals surface area contributed by atoms with Crippen molar-refractivity contribution in [1.82, 2.24) is 14.6 Å². The predicted octanol–water partition coefficient (Wildman–Crippen LogP) is 3.06. The highest BCUT2D eigenvalue weighted by molar-refractivity contribution is 6.31. The lowest BCUT2D eigenvalue weighted by molar-refractivity contribution is 0.630. The molecule has 0 fully saturated rings. The van der Waals surface area contributed by atoms with E-state index >= 15 is 0 Å². The van der Waals surface area contributed by atoms with E-state index in [2.05, 4.69) is 10.2 Å². The average molecular weight is 273 g/mol. The summed E-state index contributed by atoms with van der Waals surface area (Å²) in [5.41, 5.74) is 1.22. The van der Waals surface area contributed by atoms with Crippen LogP contribution in [0.5, 0.6) is 0 Å². The summed E-state index contributed by atoms with van der Waals surface area (Å²) < 4.78 is 15.6. The molecular weight excluding hydrogens is 267 g/mol. The van der Waals surface area contributed by atoms with Crippen LogP contribution in [0, 0.1) is 17.1 Å². The summed E-state index contributed by atoms with van der Waals surface area (Å²) in [6.45, 7) is 0. The largest absolute Gasteiger partial charge is 0.282 e. The first-order chi connectivity index (χ1) is 9.20. The van der Waals surface area contributed by atoms with Gasteiger partial charge in [0.05, 0.1) is 22.2 Å². The van der Waals surface area contributed by atoms with E-state index in [9.17, 15) is 4.39 Å². The number of pyridine rings is 1. The number of hydrogen-bond acceptors (Lipinski definition) is 3. The van der Waals surface area contributed by atoms with Gasteiger partial charge in [0.25, 0.3) is 0 Å². The van der Waals surface area contributed by atoms with Gasteiger partial charge < -0.3 is 0 Å². The maximum Gasteiger partial charge on any atom is 0.171 e. The van der Waals surface area contributed by atoms with Crippen molar-refractivity contribution < 1.29 is 4.39 Å². The number of rotatable bonds is 1. The van der Waals surface area contributed by atoms with Crippen LogP contribution in [0.25, 0.3) is 17.0 Å². The first-order valence-corrected chi connectivity index (χ1v) is 5.78. The number of nitrogens with zero attached hydrogens (tertiary/aromatic N) is 4. The van der Waals surface area contributed by atoms with Gasteiger partial charge in [0, 0.05) is 12.3 Å². The zero-order valence-corrected chi connectivity index (χ0v) is 10.3. The van der Waals surface area contributed by atoms with Crippen molar-refractivity contribution in [2.75, 3.05) is 0 Å². The molecule has 3 rings (SSSR count). The van der Waals surface area contributed by atoms with Crippen LogP contribution in [0.15, 0.2) is 36.5 Å². The van der Waals surface area contributed by atoms with Crippen molar-refractivity contribution in [1.29, 1.82) is 5.26 Å². The Morgan fingerprint density at radius 3 is 2.89 bits per heavy atom. The maximum absolute atomic E-state index is 14.0. The van der Waals surface area contributed by atoms with Crippen molar-refractivity contribution in [2.24, 2.45) is 0 Å². The van der Waals surface area contributed by atoms with E-state index in [0.717, 1.165) is 0 Å². The van der Waals surface area contributed by atoms with Gasteiger partial charge in [0.15, 0.2) is 17.3 Å². The van der Waals surface area contributed by atoms with Gasteiger partial charge in [-0.05, 0) is 18.2 Å². The molecule has 0 unspecified atom stereocenters. The van der Waals surface area contributed by atoms with E-state index in [0.29, 0.717) is 17.0 Å². The molecular formula is C13H6ClFN4. The number of fused-ring (bicyclic) bond motifs is 1. The Morgan fingerprint density at radius 2 is 2.11 bits per heavy atom. The van der Waals surface area contributed by atoms with Crippen molar-refractivity contribution in [2.45, 2.75) is 0 Å². The Morgan fingerprint density at radius 1 is 1.26 bits per heavy atom. The Labute approximate surface area is 112 Å². The summed E-state index contributed by atoms with van der Waals surface area (Å²) in [4.78, 5) is 0. The molecule has 0 N–H and O–H groups in total. The van der Waals surface area contributed by atoms with Gasteiger partial charge in [-0.25, -0.2) is 4.39 Å². The standard InChI is InChI=1S/C13H6ClFN4/c14-10-3-1-2-9(12(10)15)13-18-17-11-6-8(7-16)4-5-19(11)13/h1-6H. The Hall–Kier alpha value is -2.45. The van der Waals surface area contributed by atoms with Crippen LogP contribution in [-0.4, -0.2) is 14.6 Å². The summed E-state index contributed by atoms with van der Waals surface area (Å²) in [5, 5.41) is 16.7. The van der Waals surface area contributed by atoms with E-state index in [-0.39, 0.29) is 10.6 Å². The van der Waals surface area contributed by atoms with Gasteiger partial charge in [-0.3, -0.25) is 4.40 Å². The quantitative estimate of drug-likeness (QED) is 0.684. The van der Waals surface area contributed by atoms with Gasteiger partial charge in [-0.15, -0.1) is 10.2 Å². The van der Waals surface area contributed by atoms with Gasteiger partial charge in [-0.2, -0.15) is 5.26 Å². The summed E-state index contributed by atoms with van der Waals surface area (Å²) in [7, 11) is 0. The minimum absolute atomic E-state index is 0.0305. The lowest BCUT2D eigenvalue weighted by Crippen LogP contribution is -1.93. The van der Waals surface area contributed by atoms with Crippen LogP contribution in [0.3, 0.4) is 0 Å². The average Bonchev–Trinajstić information content (AvgIpc) is 2.84. The van der Waals surface area contributed by atoms with Gasteiger partial charge in [0.1, 0.15) is 0 Å². The summed E-state index contributed by atoms with van der Waals surface area (Å²) in [6.07, 6.45) is 1.63. The molecule has 1 aromatic carbocycles. The van der Waals surface area contributed by atoms with Crippen molar-refractivity contribution in [3.63, 3.8) is 0 Å². The zero-order valence-electron chi connectivity index (χ0n) is 9.51. The lowest BCUT2D eigenvalue weighted by Gasteiger charge is -2.02. The molecule has 0 radical (unpaired) electrons. The van der Waals surface area contributed by atoms with Gasteiger partial charge >= 0.3 is 0 Å². The summed E-state index contributed by atoms with van der Waals surface area (Å²) >= 11 is 5.75. The number of benzene rings is 1. The van der Waals surface area contributed by atoms with Crippen LogP contribution < -0.4 is 0 Å². The summed E-state index contributed by atoms with van der Waals surface area (Å²) in [6, 6.07) is 9.90. The molecule has 2 heterocycles. The molecule has 0 atom stereocenters. The molecule has 0 aliphatic carbocycles. The van der Waals surface area contributed by atoms with Gasteiger partial charge in [-0.1, -0.05) is 17.7 Å². The van der Waals surface area contributed by atoms with E-state index in [4.69, 9.17) is 16.9 Å². The highest BCUT2D eigenvalue weighted by atomic mass is 35.5. The molecule has 0 saturated heterocycles. The Balaban J connectivity index is 2.27. The summed E-state index contributed by atoms with van der Waals surface area (Å²) in [5.74, 6) is -0.192. The second kappa shape index (κ2) is 4.34. The van der Waals surface area contributed by atoms with Crippen LogP contribution in [0.2, 0.25) is 5.02 Å². The highest BCUT2D eigenvalue weighted by Gasteiger charge is 2.14. The third-order valence-electron chi connectivity index (χ3n) is 2.73. The molecule has 0 aliphatic rings. The molecule has 3 aromatic rings. The fourth-order valence-electron chi connectivity index (χ4n) is 1.82. The SMILES string of the molecule is N#Cc1ccn2c(-c3cccc(Cl)c3F)nnc2c1. The van der Waals surface area contributed by atoms with E-state index < -0.39 is 5.82 Å². The van der Waals surface area contributed by atoms with Crippen LogP contribution in [0.1, 0.15) is 5.56 Å². The van der Waals surface area contributed by atoms with Gasteiger partial charge in [0.2, 0.25) is 0 Å². The molecule has 0 saturated carbocycles. The number of nitriles is 1. The molecule has 0 bridgehead atoms. The molecule has 0 aliphatic heterocycles. The minimum Gasteiger partial charge on any atom is -0.282 e. The second-order valence-corrected chi connectivity index (χ2v) is 4.29. The lowest BCUT2D eigenvalue weighted by atomic mass is 10.2. The fraction of sp³-hybridized carbons (Fsp3) is 0. The molecule has 0 amide bonds. The second-order valence-electron chi connectivity index (χ2n) is 3.88. The Bertz CT molecular complexity index is 819. The van der Waals surface area contributed by atoms with E-state index in [1.807, 2.05) is 6.07 Å². The topological polar surface area (TPSA) is 54.0 Å². The molecule has 92 valence electrons. The monoisotopic (exact) mass is 272 g/mol. The van der Waals surface area contributed by atoms with Crippen LogP contribution >= 0.6 is 11.6 Å². The third kappa shape index (κ3) is 1.83. The molecule has 6 heteroatoms. The normalized spacial score (nSPS) is 10.6. The highest BCUT2D eigenvalue weighted by Crippen LogP contribution is 2.26. The van der Waals surface area contributed by atoms with E-state index in [1.54, 1.807) is 34.9 Å². The van der Waals surface area contributed by atoms with Crippen molar-refractivity contribution >= 4 is 17.2 Å². The smallest absolute Gasteiger partial charge is 0.171 e. The Kier molecular flexibility index (Phi) is 2.65. The molecule has 19 heavy (non-hydrogen) atoms. The fourth-order valence-corrected chi connectivity index (χ4v) is 2.00. The zero-order chi connectivity index (χ0) is 13.4. The van der Waals surface area contributed by atoms with Crippen LogP contribution in [-0.2, 0) is 0 Å².